The van der Waals surface area contributed by atoms with Crippen LogP contribution in [-0.4, -0.2) is 47.1 Å². The summed E-state index contributed by atoms with van der Waals surface area (Å²) in [5.74, 6) is 1.70. The molecule has 248 valence electrons. The Morgan fingerprint density at radius 2 is 2.02 bits per heavy atom. The van der Waals surface area contributed by atoms with E-state index in [1.165, 1.54) is 6.92 Å². The van der Waals surface area contributed by atoms with E-state index in [1.807, 2.05) is 24.4 Å². The summed E-state index contributed by atoms with van der Waals surface area (Å²) >= 11 is 6.91. The van der Waals surface area contributed by atoms with Crippen molar-refractivity contribution in [1.82, 2.24) is 20.3 Å². The molecule has 0 amide bonds. The van der Waals surface area contributed by atoms with Gasteiger partial charge in [0.1, 0.15) is 17.2 Å². The molecular formula is C35H45ClFN5O4. The van der Waals surface area contributed by atoms with E-state index in [9.17, 15) is 4.39 Å². The number of nitrogens with two attached hydrogens (primary N) is 1. The number of aliphatic hydroxyl groups excluding tert-OH is 1. The summed E-state index contributed by atoms with van der Waals surface area (Å²) in [5.41, 5.74) is 11.5. The minimum Gasteiger partial charge on any atom is -0.494 e. The van der Waals surface area contributed by atoms with Crippen molar-refractivity contribution < 1.29 is 23.4 Å². The molecule has 3 atom stereocenters. The van der Waals surface area contributed by atoms with Crippen LogP contribution >= 0.6 is 11.6 Å². The number of alkyl halides is 1. The molecule has 9 nitrogen and oxygen atoms in total. The molecule has 1 aliphatic heterocycles. The van der Waals surface area contributed by atoms with Gasteiger partial charge in [-0.3, -0.25) is 4.98 Å². The Balaban J connectivity index is 0.00000154. The summed E-state index contributed by atoms with van der Waals surface area (Å²) in [5, 5.41) is 11.5. The van der Waals surface area contributed by atoms with Gasteiger partial charge in [-0.05, 0) is 44.0 Å². The molecule has 4 aromatic rings. The molecule has 0 radical (unpaired) electrons. The molecular weight excluding hydrogens is 609 g/mol. The van der Waals surface area contributed by atoms with Gasteiger partial charge in [-0.15, -0.1) is 0 Å². The molecule has 5 rings (SSSR count). The van der Waals surface area contributed by atoms with Crippen molar-refractivity contribution in [2.75, 3.05) is 27.0 Å². The summed E-state index contributed by atoms with van der Waals surface area (Å²) in [6.45, 7) is 13.2. The number of aryl methyl sites for hydroxylation is 1. The van der Waals surface area contributed by atoms with E-state index in [4.69, 9.17) is 35.6 Å². The van der Waals surface area contributed by atoms with Gasteiger partial charge in [-0.25, -0.2) is 14.4 Å². The van der Waals surface area contributed by atoms with Crippen molar-refractivity contribution >= 4 is 28.4 Å². The van der Waals surface area contributed by atoms with E-state index in [-0.39, 0.29) is 24.5 Å². The average molecular weight is 654 g/mol. The number of nitrogens with zero attached hydrogens (tertiary/aromatic N) is 3. The number of fused-ring (bicyclic) bond motifs is 2. The molecule has 11 heteroatoms. The number of nitrogens with one attached hydrogen (secondary N) is 1. The topological polar surface area (TPSA) is 129 Å². The lowest BCUT2D eigenvalue weighted by molar-refractivity contribution is 0.306. The van der Waals surface area contributed by atoms with Gasteiger partial charge in [0.15, 0.2) is 17.3 Å². The lowest BCUT2D eigenvalue weighted by atomic mass is 9.92. The number of methoxy groups -OCH3 is 1. The van der Waals surface area contributed by atoms with Crippen LogP contribution in [0.15, 0.2) is 41.5 Å². The molecule has 0 saturated carbocycles. The highest BCUT2D eigenvalue weighted by atomic mass is 35.5. The predicted octanol–water partition coefficient (Wildman–Crippen LogP) is 7.85. The zero-order chi connectivity index (χ0) is 33.4. The maximum atomic E-state index is 13.9. The maximum absolute atomic E-state index is 13.9. The van der Waals surface area contributed by atoms with Crippen LogP contribution in [-0.2, 0) is 6.42 Å². The number of aliphatic hydroxyl groups is 1. The van der Waals surface area contributed by atoms with Gasteiger partial charge >= 0.3 is 0 Å². The summed E-state index contributed by atoms with van der Waals surface area (Å²) in [6, 6.07) is 7.80. The fourth-order valence-corrected chi connectivity index (χ4v) is 5.83. The van der Waals surface area contributed by atoms with Crippen LogP contribution in [0, 0.1) is 0 Å². The van der Waals surface area contributed by atoms with Crippen molar-refractivity contribution in [2.24, 2.45) is 5.73 Å². The standard InChI is InChI=1S/C34H40ClFN4O3.CH5NO/c1-7-9-11-22(17-38-21(5)23-14-28(41-6)32-29(15-23)43-34(40-32)20(4)36)27-16-25-19(3)18-42-33(25)31(39-27)24-12-13-37-26(10-8-2)30(24)35;2-1-3/h12-16,19-20,22,38H,5,7-11,17-18H2,1-4,6H3;3H,1-2H2. The second kappa shape index (κ2) is 16.2. The van der Waals surface area contributed by atoms with E-state index < -0.39 is 6.17 Å². The Morgan fingerprint density at radius 1 is 1.26 bits per heavy atom. The first kappa shape index (κ1) is 35.1. The number of oxazole rings is 1. The SMILES string of the molecule is C=C(NCC(CCCC)c1cc2c(c(-c3ccnc(CCC)c3Cl)n1)OCC2C)c1cc(OC)c2nc(C(C)F)oc2c1.NCO. The summed E-state index contributed by atoms with van der Waals surface area (Å²) in [7, 11) is 1.56. The molecule has 0 aliphatic carbocycles. The van der Waals surface area contributed by atoms with Gasteiger partial charge in [0.2, 0.25) is 5.89 Å². The normalized spacial score (nSPS) is 15.0. The van der Waals surface area contributed by atoms with Crippen LogP contribution < -0.4 is 20.5 Å². The number of halogens is 2. The zero-order valence-corrected chi connectivity index (χ0v) is 28.1. The van der Waals surface area contributed by atoms with E-state index in [1.54, 1.807) is 7.11 Å². The second-order valence-electron chi connectivity index (χ2n) is 11.5. The van der Waals surface area contributed by atoms with Gasteiger partial charge in [0.25, 0.3) is 0 Å². The number of unbranched alkanes of at least 4 members (excludes halogenated alkanes) is 1. The molecule has 0 saturated heterocycles. The Morgan fingerprint density at radius 3 is 2.70 bits per heavy atom. The van der Waals surface area contributed by atoms with Crippen molar-refractivity contribution in [3.05, 3.63) is 70.5 Å². The number of benzene rings is 1. The maximum Gasteiger partial charge on any atom is 0.229 e. The molecule has 0 fully saturated rings. The first-order valence-corrected chi connectivity index (χ1v) is 16.2. The largest absolute Gasteiger partial charge is 0.494 e. The van der Waals surface area contributed by atoms with Gasteiger partial charge < -0.3 is 30.0 Å². The molecule has 46 heavy (non-hydrogen) atoms. The highest BCUT2D eigenvalue weighted by molar-refractivity contribution is 6.34. The third-order valence-corrected chi connectivity index (χ3v) is 8.43. The molecule has 3 aromatic heterocycles. The third-order valence-electron chi connectivity index (χ3n) is 8.00. The zero-order valence-electron chi connectivity index (χ0n) is 27.3. The minimum atomic E-state index is -1.32. The van der Waals surface area contributed by atoms with Crippen molar-refractivity contribution in [3.8, 4) is 22.8 Å². The molecule has 1 aliphatic rings. The highest BCUT2D eigenvalue weighted by Crippen LogP contribution is 2.44. The van der Waals surface area contributed by atoms with Crippen molar-refractivity contribution in [3.63, 3.8) is 0 Å². The number of ether oxygens (including phenoxy) is 2. The predicted molar refractivity (Wildman–Crippen MR) is 181 cm³/mol. The molecule has 0 spiro atoms. The number of aromatic nitrogens is 3. The summed E-state index contributed by atoms with van der Waals surface area (Å²) < 4.78 is 31.3. The Kier molecular flexibility index (Phi) is 12.4. The van der Waals surface area contributed by atoms with E-state index >= 15 is 0 Å². The first-order chi connectivity index (χ1) is 22.2. The smallest absolute Gasteiger partial charge is 0.229 e. The van der Waals surface area contributed by atoms with Crippen LogP contribution in [0.4, 0.5) is 4.39 Å². The van der Waals surface area contributed by atoms with Crippen LogP contribution in [0.25, 0.3) is 28.1 Å². The quantitative estimate of drug-likeness (QED) is 0.124. The van der Waals surface area contributed by atoms with Gasteiger partial charge in [-0.2, -0.15) is 0 Å². The molecule has 0 bridgehead atoms. The highest BCUT2D eigenvalue weighted by Gasteiger charge is 2.29. The first-order valence-electron chi connectivity index (χ1n) is 15.8. The number of rotatable bonds is 13. The summed E-state index contributed by atoms with van der Waals surface area (Å²) in [4.78, 5) is 14.0. The molecule has 3 unspecified atom stereocenters. The van der Waals surface area contributed by atoms with Gasteiger partial charge in [-0.1, -0.05) is 58.2 Å². The molecule has 4 heterocycles. The van der Waals surface area contributed by atoms with E-state index in [2.05, 4.69) is 54.4 Å². The van der Waals surface area contributed by atoms with Crippen LogP contribution in [0.3, 0.4) is 0 Å². The minimum absolute atomic E-state index is 0.0245. The van der Waals surface area contributed by atoms with E-state index in [0.29, 0.717) is 40.7 Å². The van der Waals surface area contributed by atoms with Crippen molar-refractivity contribution in [2.45, 2.75) is 77.8 Å². The van der Waals surface area contributed by atoms with Crippen LogP contribution in [0.5, 0.6) is 11.5 Å². The molecule has 4 N–H and O–H groups in total. The van der Waals surface area contributed by atoms with Gasteiger partial charge in [0, 0.05) is 52.7 Å². The lowest BCUT2D eigenvalue weighted by Gasteiger charge is -2.21. The average Bonchev–Trinajstić information content (AvgIpc) is 3.65. The monoisotopic (exact) mass is 653 g/mol. The summed E-state index contributed by atoms with van der Waals surface area (Å²) in [6.07, 6.45) is 5.31. The molecule has 1 aromatic carbocycles. The lowest BCUT2D eigenvalue weighted by Crippen LogP contribution is -2.21. The van der Waals surface area contributed by atoms with Crippen LogP contribution in [0.1, 0.15) is 99.8 Å². The fraction of sp³-hybridized carbons (Fsp3) is 0.457. The Bertz CT molecular complexity index is 1640. The fourth-order valence-electron chi connectivity index (χ4n) is 5.53. The number of hydrogen-bond donors (Lipinski definition) is 3. The third kappa shape index (κ3) is 7.79. The van der Waals surface area contributed by atoms with E-state index in [0.717, 1.165) is 71.6 Å². The van der Waals surface area contributed by atoms with Gasteiger partial charge in [0.05, 0.1) is 31.2 Å². The second-order valence-corrected chi connectivity index (χ2v) is 11.8. The van der Waals surface area contributed by atoms with Crippen molar-refractivity contribution in [1.29, 1.82) is 0 Å². The number of hydrogen-bond acceptors (Lipinski definition) is 9. The number of pyridine rings is 2. The van der Waals surface area contributed by atoms with Crippen LogP contribution in [0.2, 0.25) is 5.02 Å². The Hall–Kier alpha value is -3.73. The Labute approximate surface area is 275 Å².